The van der Waals surface area contributed by atoms with E-state index in [1.54, 1.807) is 11.3 Å². The second-order valence-electron chi connectivity index (χ2n) is 5.54. The maximum absolute atomic E-state index is 12.2. The molecule has 0 N–H and O–H groups in total. The van der Waals surface area contributed by atoms with Crippen molar-refractivity contribution in [3.05, 3.63) is 64.0 Å². The van der Waals surface area contributed by atoms with E-state index in [1.807, 2.05) is 41.9 Å². The number of rotatable bonds is 2. The molecule has 2 aromatic carbocycles. The van der Waals surface area contributed by atoms with Gasteiger partial charge in [-0.3, -0.25) is 4.79 Å². The third-order valence-electron chi connectivity index (χ3n) is 3.66. The molecule has 0 saturated heterocycles. The average molecular weight is 310 g/mol. The maximum Gasteiger partial charge on any atom is 0.252 e. The number of nitrogens with zero attached hydrogens (tertiary/aromatic N) is 2. The second kappa shape index (κ2) is 5.89. The number of carbonyl (C=O) groups is 1. The van der Waals surface area contributed by atoms with Crippen molar-refractivity contribution in [3.63, 3.8) is 0 Å². The molecule has 0 spiro atoms. The average Bonchev–Trinajstić information content (AvgIpc) is 2.78. The molecule has 0 aliphatic rings. The van der Waals surface area contributed by atoms with Gasteiger partial charge in [0.15, 0.2) is 4.80 Å². The van der Waals surface area contributed by atoms with Gasteiger partial charge in [-0.15, -0.1) is 0 Å². The van der Waals surface area contributed by atoms with E-state index in [4.69, 9.17) is 0 Å². The number of thiazole rings is 1. The quantitative estimate of drug-likeness (QED) is 0.713. The molecule has 22 heavy (non-hydrogen) atoms. The van der Waals surface area contributed by atoms with Crippen molar-refractivity contribution in [1.82, 2.24) is 4.57 Å². The van der Waals surface area contributed by atoms with Crippen LogP contribution in [0.4, 0.5) is 0 Å². The lowest BCUT2D eigenvalue weighted by Gasteiger charge is -2.00. The molecule has 1 heterocycles. The van der Waals surface area contributed by atoms with Gasteiger partial charge in [-0.1, -0.05) is 47.7 Å². The normalized spacial score (nSPS) is 12.0. The van der Waals surface area contributed by atoms with Crippen LogP contribution in [0.3, 0.4) is 0 Å². The number of hydrogen-bond donors (Lipinski definition) is 0. The molecule has 0 fully saturated rings. The first kappa shape index (κ1) is 14.7. The molecule has 0 radical (unpaired) electrons. The predicted molar refractivity (Wildman–Crippen MR) is 91.0 cm³/mol. The summed E-state index contributed by atoms with van der Waals surface area (Å²) in [6.07, 6.45) is 0.340. The van der Waals surface area contributed by atoms with Crippen LogP contribution in [0.15, 0.2) is 47.5 Å². The van der Waals surface area contributed by atoms with E-state index in [0.717, 1.165) is 15.9 Å². The molecule has 0 aliphatic heterocycles. The Labute approximate surface area is 133 Å². The van der Waals surface area contributed by atoms with Gasteiger partial charge >= 0.3 is 0 Å². The van der Waals surface area contributed by atoms with E-state index in [0.29, 0.717) is 6.42 Å². The van der Waals surface area contributed by atoms with Crippen molar-refractivity contribution in [2.75, 3.05) is 0 Å². The molecule has 0 saturated carbocycles. The van der Waals surface area contributed by atoms with Crippen molar-refractivity contribution >= 4 is 27.5 Å². The number of benzene rings is 2. The highest BCUT2D eigenvalue weighted by Crippen LogP contribution is 2.22. The van der Waals surface area contributed by atoms with Crippen molar-refractivity contribution in [1.29, 1.82) is 0 Å². The summed E-state index contributed by atoms with van der Waals surface area (Å²) in [6.45, 7) is 4.18. The molecule has 3 rings (SSSR count). The van der Waals surface area contributed by atoms with Crippen LogP contribution in [0.1, 0.15) is 16.7 Å². The van der Waals surface area contributed by atoms with Gasteiger partial charge < -0.3 is 4.57 Å². The van der Waals surface area contributed by atoms with Crippen LogP contribution in [-0.2, 0) is 18.3 Å². The summed E-state index contributed by atoms with van der Waals surface area (Å²) >= 11 is 1.57. The lowest BCUT2D eigenvalue weighted by Crippen LogP contribution is -2.14. The topological polar surface area (TPSA) is 34.4 Å². The van der Waals surface area contributed by atoms with E-state index in [9.17, 15) is 4.79 Å². The summed E-state index contributed by atoms with van der Waals surface area (Å²) in [7, 11) is 1.96. The van der Waals surface area contributed by atoms with Crippen LogP contribution in [0.2, 0.25) is 0 Å². The van der Waals surface area contributed by atoms with Gasteiger partial charge in [0.05, 0.1) is 16.6 Å². The highest BCUT2D eigenvalue weighted by molar-refractivity contribution is 7.16. The summed E-state index contributed by atoms with van der Waals surface area (Å²) < 4.78 is 3.20. The van der Waals surface area contributed by atoms with Crippen LogP contribution in [0.5, 0.6) is 0 Å². The summed E-state index contributed by atoms with van der Waals surface area (Å²) in [6, 6.07) is 14.0. The van der Waals surface area contributed by atoms with Gasteiger partial charge in [0.1, 0.15) is 0 Å². The Morgan fingerprint density at radius 2 is 1.91 bits per heavy atom. The largest absolute Gasteiger partial charge is 0.319 e. The monoisotopic (exact) mass is 310 g/mol. The number of hydrogen-bond acceptors (Lipinski definition) is 2. The third-order valence-corrected chi connectivity index (χ3v) is 4.94. The summed E-state index contributed by atoms with van der Waals surface area (Å²) in [5, 5.41) is 0. The fourth-order valence-corrected chi connectivity index (χ4v) is 3.68. The van der Waals surface area contributed by atoms with Crippen LogP contribution >= 0.6 is 11.3 Å². The summed E-state index contributed by atoms with van der Waals surface area (Å²) in [5.41, 5.74) is 4.58. The Morgan fingerprint density at radius 1 is 1.18 bits per heavy atom. The number of aromatic nitrogens is 1. The Balaban J connectivity index is 2.01. The minimum atomic E-state index is -0.109. The zero-order valence-corrected chi connectivity index (χ0v) is 13.8. The molecule has 1 aromatic heterocycles. The van der Waals surface area contributed by atoms with Crippen molar-refractivity contribution in [3.8, 4) is 0 Å². The number of carbonyl (C=O) groups excluding carboxylic acids is 1. The lowest BCUT2D eigenvalue weighted by molar-refractivity contribution is -0.117. The first-order valence-electron chi connectivity index (χ1n) is 7.23. The molecule has 1 amide bonds. The van der Waals surface area contributed by atoms with Crippen molar-refractivity contribution in [2.24, 2.45) is 12.0 Å². The molecule has 3 aromatic rings. The lowest BCUT2D eigenvalue weighted by atomic mass is 10.1. The first-order valence-corrected chi connectivity index (χ1v) is 8.04. The van der Waals surface area contributed by atoms with Crippen LogP contribution in [0.25, 0.3) is 10.2 Å². The fraction of sp³-hybridized carbons (Fsp3) is 0.222. The van der Waals surface area contributed by atoms with Gasteiger partial charge in [0.2, 0.25) is 0 Å². The van der Waals surface area contributed by atoms with E-state index >= 15 is 0 Å². The van der Waals surface area contributed by atoms with Crippen LogP contribution in [0, 0.1) is 13.8 Å². The molecule has 0 unspecified atom stereocenters. The SMILES string of the molecule is Cc1cc(C)c2sc(=NC(=O)Cc3ccccc3)n(C)c2c1. The molecule has 4 heteroatoms. The van der Waals surface area contributed by atoms with E-state index < -0.39 is 0 Å². The second-order valence-corrected chi connectivity index (χ2v) is 6.52. The van der Waals surface area contributed by atoms with E-state index in [1.165, 1.54) is 15.8 Å². The Morgan fingerprint density at radius 3 is 2.64 bits per heavy atom. The Bertz CT molecular complexity index is 904. The highest BCUT2D eigenvalue weighted by atomic mass is 32.1. The molecule has 3 nitrogen and oxygen atoms in total. The van der Waals surface area contributed by atoms with Crippen LogP contribution < -0.4 is 4.80 Å². The molecule has 112 valence electrons. The third kappa shape index (κ3) is 2.88. The molecular formula is C18H18N2OS. The van der Waals surface area contributed by atoms with Gasteiger partial charge in [0.25, 0.3) is 5.91 Å². The standard InChI is InChI=1S/C18H18N2OS/c1-12-9-13(2)17-15(10-12)20(3)18(22-17)19-16(21)11-14-7-5-4-6-8-14/h4-10H,11H2,1-3H3. The van der Waals surface area contributed by atoms with Gasteiger partial charge in [-0.2, -0.15) is 4.99 Å². The Kier molecular flexibility index (Phi) is 3.94. The summed E-state index contributed by atoms with van der Waals surface area (Å²) in [4.78, 5) is 17.2. The van der Waals surface area contributed by atoms with Gasteiger partial charge in [-0.05, 0) is 36.6 Å². The van der Waals surface area contributed by atoms with Crippen molar-refractivity contribution in [2.45, 2.75) is 20.3 Å². The number of aryl methyl sites for hydroxylation is 3. The minimum Gasteiger partial charge on any atom is -0.319 e. The molecule has 0 aliphatic carbocycles. The molecular weight excluding hydrogens is 292 g/mol. The predicted octanol–water partition coefficient (Wildman–Crippen LogP) is 3.53. The minimum absolute atomic E-state index is 0.109. The van der Waals surface area contributed by atoms with E-state index in [2.05, 4.69) is 31.0 Å². The van der Waals surface area contributed by atoms with Gasteiger partial charge in [0, 0.05) is 7.05 Å². The molecule has 0 atom stereocenters. The summed E-state index contributed by atoms with van der Waals surface area (Å²) in [5.74, 6) is -0.109. The zero-order valence-electron chi connectivity index (χ0n) is 13.0. The van der Waals surface area contributed by atoms with Crippen LogP contribution in [-0.4, -0.2) is 10.5 Å². The highest BCUT2D eigenvalue weighted by Gasteiger charge is 2.08. The van der Waals surface area contributed by atoms with Gasteiger partial charge in [-0.25, -0.2) is 0 Å². The maximum atomic E-state index is 12.2. The molecule has 0 bridgehead atoms. The van der Waals surface area contributed by atoms with E-state index in [-0.39, 0.29) is 5.91 Å². The number of amides is 1. The van der Waals surface area contributed by atoms with Crippen molar-refractivity contribution < 1.29 is 4.79 Å². The smallest absolute Gasteiger partial charge is 0.252 e. The number of fused-ring (bicyclic) bond motifs is 1. The Hall–Kier alpha value is -2.20. The fourth-order valence-electron chi connectivity index (χ4n) is 2.59. The zero-order chi connectivity index (χ0) is 15.7. The first-order chi connectivity index (χ1) is 10.5.